The van der Waals surface area contributed by atoms with E-state index in [1.807, 2.05) is 36.1 Å². The molecule has 2 N–H and O–H groups in total. The van der Waals surface area contributed by atoms with E-state index in [1.54, 1.807) is 13.8 Å². The van der Waals surface area contributed by atoms with Crippen LogP contribution in [0.3, 0.4) is 0 Å². The minimum Gasteiger partial charge on any atom is -0.475 e. The van der Waals surface area contributed by atoms with E-state index in [0.717, 1.165) is 67.2 Å². The zero-order valence-corrected chi connectivity index (χ0v) is 19.8. The van der Waals surface area contributed by atoms with Gasteiger partial charge in [0.2, 0.25) is 5.88 Å². The standard InChI is InChI=1S/C25H34N4O4/c1-18-6-7-20(26-24(30)29-8-4-5-9-29)16-21(18)19-14-22(28-10-12-32-13-11-28)27-23(15-19)33-17-25(2,3)31/h6-7,14-16,31H,4-5,8-13,17H2,1-3H3,(H,26,30). The number of likely N-dealkylation sites (tertiary alicyclic amines) is 1. The van der Waals surface area contributed by atoms with E-state index >= 15 is 0 Å². The number of ether oxygens (including phenoxy) is 2. The first-order valence-corrected chi connectivity index (χ1v) is 11.7. The second kappa shape index (κ2) is 9.97. The summed E-state index contributed by atoms with van der Waals surface area (Å²) >= 11 is 0. The molecule has 178 valence electrons. The number of morpholine rings is 1. The number of hydrogen-bond donors (Lipinski definition) is 2. The molecule has 8 heteroatoms. The van der Waals surface area contributed by atoms with Crippen molar-refractivity contribution in [2.45, 2.75) is 39.2 Å². The van der Waals surface area contributed by atoms with E-state index in [1.165, 1.54) is 0 Å². The van der Waals surface area contributed by atoms with Crippen LogP contribution in [-0.2, 0) is 4.74 Å². The van der Waals surface area contributed by atoms with E-state index in [2.05, 4.69) is 16.3 Å². The summed E-state index contributed by atoms with van der Waals surface area (Å²) in [4.78, 5) is 21.3. The molecule has 2 fully saturated rings. The molecule has 2 aliphatic heterocycles. The van der Waals surface area contributed by atoms with Crippen molar-refractivity contribution < 1.29 is 19.4 Å². The lowest BCUT2D eigenvalue weighted by molar-refractivity contribution is 0.0268. The van der Waals surface area contributed by atoms with Gasteiger partial charge in [-0.15, -0.1) is 0 Å². The minimum absolute atomic E-state index is 0.0553. The number of carbonyl (C=O) groups excluding carboxylic acids is 1. The summed E-state index contributed by atoms with van der Waals surface area (Å²) in [6, 6.07) is 9.84. The topological polar surface area (TPSA) is 87.2 Å². The number of nitrogens with zero attached hydrogens (tertiary/aromatic N) is 3. The van der Waals surface area contributed by atoms with Crippen molar-refractivity contribution >= 4 is 17.5 Å². The minimum atomic E-state index is -0.966. The summed E-state index contributed by atoms with van der Waals surface area (Å²) in [7, 11) is 0. The number of carbonyl (C=O) groups is 1. The Morgan fingerprint density at radius 1 is 1.15 bits per heavy atom. The second-order valence-corrected chi connectivity index (χ2v) is 9.41. The summed E-state index contributed by atoms with van der Waals surface area (Å²) in [6.07, 6.45) is 2.11. The number of nitrogens with one attached hydrogen (secondary N) is 1. The van der Waals surface area contributed by atoms with Gasteiger partial charge in [0.1, 0.15) is 12.4 Å². The normalized spacial score (nSPS) is 16.7. The lowest BCUT2D eigenvalue weighted by Gasteiger charge is -2.29. The Kier molecular flexibility index (Phi) is 7.05. The Labute approximate surface area is 195 Å². The summed E-state index contributed by atoms with van der Waals surface area (Å²) in [6.45, 7) is 10.0. The third-order valence-electron chi connectivity index (χ3n) is 5.89. The number of urea groups is 1. The molecule has 0 radical (unpaired) electrons. The molecule has 1 aromatic heterocycles. The van der Waals surface area contributed by atoms with Crippen molar-refractivity contribution in [3.63, 3.8) is 0 Å². The molecule has 2 aromatic rings. The maximum Gasteiger partial charge on any atom is 0.321 e. The Morgan fingerprint density at radius 2 is 1.88 bits per heavy atom. The second-order valence-electron chi connectivity index (χ2n) is 9.41. The number of aryl methyl sites for hydroxylation is 1. The molecule has 4 rings (SSSR count). The third-order valence-corrected chi connectivity index (χ3v) is 5.89. The largest absolute Gasteiger partial charge is 0.475 e. The number of anilines is 2. The zero-order chi connectivity index (χ0) is 23.4. The van der Waals surface area contributed by atoms with Crippen LogP contribution >= 0.6 is 0 Å². The van der Waals surface area contributed by atoms with Crippen LogP contribution in [0.4, 0.5) is 16.3 Å². The SMILES string of the molecule is Cc1ccc(NC(=O)N2CCCC2)cc1-c1cc(OCC(C)(C)O)nc(N2CCOCC2)c1. The van der Waals surface area contributed by atoms with Crippen LogP contribution in [0.1, 0.15) is 32.3 Å². The molecule has 2 amide bonds. The van der Waals surface area contributed by atoms with Crippen molar-refractivity contribution in [3.05, 3.63) is 35.9 Å². The molecule has 1 aromatic carbocycles. The van der Waals surface area contributed by atoms with Crippen LogP contribution in [0.15, 0.2) is 30.3 Å². The number of amides is 2. The van der Waals surface area contributed by atoms with Gasteiger partial charge in [-0.2, -0.15) is 4.98 Å². The highest BCUT2D eigenvalue weighted by molar-refractivity contribution is 5.90. The molecule has 0 saturated carbocycles. The monoisotopic (exact) mass is 454 g/mol. The van der Waals surface area contributed by atoms with E-state index < -0.39 is 5.60 Å². The van der Waals surface area contributed by atoms with Crippen molar-refractivity contribution in [2.75, 3.05) is 56.2 Å². The fourth-order valence-electron chi connectivity index (χ4n) is 4.06. The highest BCUT2D eigenvalue weighted by atomic mass is 16.5. The highest BCUT2D eigenvalue weighted by Crippen LogP contribution is 2.32. The maximum absolute atomic E-state index is 12.6. The fraction of sp³-hybridized carbons (Fsp3) is 0.520. The van der Waals surface area contributed by atoms with Gasteiger partial charge in [0.05, 0.1) is 18.8 Å². The van der Waals surface area contributed by atoms with Gasteiger partial charge in [0, 0.05) is 37.9 Å². The Hall–Kier alpha value is -2.84. The molecule has 0 atom stereocenters. The fourth-order valence-corrected chi connectivity index (χ4v) is 4.06. The highest BCUT2D eigenvalue weighted by Gasteiger charge is 2.20. The summed E-state index contributed by atoms with van der Waals surface area (Å²) in [5.74, 6) is 1.27. The molecular weight excluding hydrogens is 420 g/mol. The third kappa shape index (κ3) is 6.15. The number of benzene rings is 1. The average Bonchev–Trinajstić information content (AvgIpc) is 3.34. The number of rotatable bonds is 6. The lowest BCUT2D eigenvalue weighted by Crippen LogP contribution is -2.36. The molecule has 33 heavy (non-hydrogen) atoms. The van der Waals surface area contributed by atoms with E-state index in [4.69, 9.17) is 14.5 Å². The van der Waals surface area contributed by atoms with Gasteiger partial charge >= 0.3 is 6.03 Å². The van der Waals surface area contributed by atoms with Gasteiger partial charge in [0.25, 0.3) is 0 Å². The van der Waals surface area contributed by atoms with Crippen LogP contribution in [0, 0.1) is 6.92 Å². The lowest BCUT2D eigenvalue weighted by atomic mass is 10.00. The molecule has 2 saturated heterocycles. The van der Waals surface area contributed by atoms with E-state index in [-0.39, 0.29) is 12.6 Å². The van der Waals surface area contributed by atoms with E-state index in [0.29, 0.717) is 19.1 Å². The van der Waals surface area contributed by atoms with Gasteiger partial charge in [-0.1, -0.05) is 6.07 Å². The van der Waals surface area contributed by atoms with Crippen molar-refractivity contribution in [3.8, 4) is 17.0 Å². The van der Waals surface area contributed by atoms with Crippen molar-refractivity contribution in [1.82, 2.24) is 9.88 Å². The predicted molar refractivity (Wildman–Crippen MR) is 129 cm³/mol. The van der Waals surface area contributed by atoms with Crippen molar-refractivity contribution in [2.24, 2.45) is 0 Å². The first kappa shape index (κ1) is 23.3. The van der Waals surface area contributed by atoms with Gasteiger partial charge < -0.3 is 29.7 Å². The number of pyridine rings is 1. The molecule has 8 nitrogen and oxygen atoms in total. The first-order chi connectivity index (χ1) is 15.8. The van der Waals surface area contributed by atoms with Gasteiger partial charge in [0.15, 0.2) is 0 Å². The molecule has 0 bridgehead atoms. The molecule has 0 unspecified atom stereocenters. The maximum atomic E-state index is 12.6. The number of aliphatic hydroxyl groups is 1. The summed E-state index contributed by atoms with van der Waals surface area (Å²) < 4.78 is 11.4. The van der Waals surface area contributed by atoms with Gasteiger partial charge in [-0.05, 0) is 68.5 Å². The van der Waals surface area contributed by atoms with Gasteiger partial charge in [-0.3, -0.25) is 0 Å². The molecule has 0 spiro atoms. The Bertz CT molecular complexity index is 977. The summed E-state index contributed by atoms with van der Waals surface area (Å²) in [5.41, 5.74) is 2.83. The molecule has 3 heterocycles. The zero-order valence-electron chi connectivity index (χ0n) is 19.8. The summed E-state index contributed by atoms with van der Waals surface area (Å²) in [5, 5.41) is 13.2. The van der Waals surface area contributed by atoms with Crippen LogP contribution in [0.2, 0.25) is 0 Å². The first-order valence-electron chi connectivity index (χ1n) is 11.7. The van der Waals surface area contributed by atoms with E-state index in [9.17, 15) is 9.90 Å². The van der Waals surface area contributed by atoms with Gasteiger partial charge in [-0.25, -0.2) is 4.79 Å². The quantitative estimate of drug-likeness (QED) is 0.693. The molecule has 2 aliphatic rings. The average molecular weight is 455 g/mol. The number of hydrogen-bond acceptors (Lipinski definition) is 6. The van der Waals surface area contributed by atoms with Crippen LogP contribution in [0.5, 0.6) is 5.88 Å². The number of aromatic nitrogens is 1. The van der Waals surface area contributed by atoms with Crippen LogP contribution < -0.4 is 15.0 Å². The van der Waals surface area contributed by atoms with Crippen LogP contribution in [0.25, 0.3) is 11.1 Å². The Balaban J connectivity index is 1.64. The molecule has 0 aliphatic carbocycles. The van der Waals surface area contributed by atoms with Crippen LogP contribution in [-0.4, -0.2) is 72.6 Å². The molecular formula is C25H34N4O4. The smallest absolute Gasteiger partial charge is 0.321 e. The van der Waals surface area contributed by atoms with Crippen molar-refractivity contribution in [1.29, 1.82) is 0 Å². The predicted octanol–water partition coefficient (Wildman–Crippen LogP) is 3.67. The Morgan fingerprint density at radius 3 is 2.58 bits per heavy atom.